The van der Waals surface area contributed by atoms with Gasteiger partial charge in [-0.3, -0.25) is 9.59 Å². The van der Waals surface area contributed by atoms with Gasteiger partial charge in [0, 0.05) is 24.9 Å². The van der Waals surface area contributed by atoms with Gasteiger partial charge < -0.3 is 9.64 Å². The molecular weight excluding hydrogens is 313 g/mol. The lowest BCUT2D eigenvalue weighted by molar-refractivity contribution is -0.149. The predicted molar refractivity (Wildman–Crippen MR) is 77.1 cm³/mol. The zero-order valence-electron chi connectivity index (χ0n) is 12.7. The summed E-state index contributed by atoms with van der Waals surface area (Å²) in [6.45, 7) is 2.42. The number of ether oxygens (including phenoxy) is 1. The molecule has 1 atom stereocenters. The summed E-state index contributed by atoms with van der Waals surface area (Å²) >= 11 is 0. The van der Waals surface area contributed by atoms with Crippen molar-refractivity contribution in [3.05, 3.63) is 0 Å². The van der Waals surface area contributed by atoms with Crippen LogP contribution in [0.4, 0.5) is 3.89 Å². The minimum absolute atomic E-state index is 0.0190. The molecule has 0 aromatic carbocycles. The van der Waals surface area contributed by atoms with Crippen molar-refractivity contribution in [1.82, 2.24) is 4.90 Å². The summed E-state index contributed by atoms with van der Waals surface area (Å²) in [6.07, 6.45) is 2.81. The molecule has 1 aliphatic carbocycles. The van der Waals surface area contributed by atoms with Crippen molar-refractivity contribution in [3.63, 3.8) is 0 Å². The minimum Gasteiger partial charge on any atom is -0.466 e. The number of hydrogen-bond donors (Lipinski definition) is 0. The molecule has 2 aliphatic rings. The monoisotopic (exact) mass is 335 g/mol. The van der Waals surface area contributed by atoms with Crippen molar-refractivity contribution in [2.75, 3.05) is 18.9 Å². The Morgan fingerprint density at radius 2 is 1.95 bits per heavy atom. The molecule has 0 aromatic heterocycles. The van der Waals surface area contributed by atoms with E-state index in [1.165, 1.54) is 0 Å². The number of carbonyl (C=O) groups excluding carboxylic acids is 2. The van der Waals surface area contributed by atoms with Gasteiger partial charge in [-0.2, -0.15) is 8.42 Å². The molecule has 0 bridgehead atoms. The highest BCUT2D eigenvalue weighted by atomic mass is 32.3. The second-order valence-corrected chi connectivity index (χ2v) is 7.49. The van der Waals surface area contributed by atoms with Crippen LogP contribution in [0.3, 0.4) is 0 Å². The fraction of sp³-hybridized carbons (Fsp3) is 0.857. The highest BCUT2D eigenvalue weighted by Gasteiger charge is 2.38. The van der Waals surface area contributed by atoms with Gasteiger partial charge in [0.05, 0.1) is 18.3 Å². The molecule has 0 radical (unpaired) electrons. The Bertz CT molecular complexity index is 527. The van der Waals surface area contributed by atoms with Crippen LogP contribution in [0.1, 0.15) is 39.0 Å². The number of halogens is 1. The highest BCUT2D eigenvalue weighted by Crippen LogP contribution is 2.32. The van der Waals surface area contributed by atoms with Gasteiger partial charge in [0.15, 0.2) is 0 Å². The lowest BCUT2D eigenvalue weighted by atomic mass is 9.85. The molecule has 1 unspecified atom stereocenters. The van der Waals surface area contributed by atoms with Crippen molar-refractivity contribution < 1.29 is 26.6 Å². The zero-order valence-corrected chi connectivity index (χ0v) is 13.5. The summed E-state index contributed by atoms with van der Waals surface area (Å²) < 4.78 is 39.2. The molecule has 1 saturated carbocycles. The average Bonchev–Trinajstić information content (AvgIpc) is 2.77. The smallest absolute Gasteiger partial charge is 0.308 e. The third-order valence-electron chi connectivity index (χ3n) is 4.43. The van der Waals surface area contributed by atoms with Crippen LogP contribution < -0.4 is 0 Å². The molecule has 2 fully saturated rings. The number of likely N-dealkylation sites (tertiary alicyclic amines) is 1. The SMILES string of the molecule is CCOC(=O)C1CCC(N2CC(CS(=O)(=O)F)CC2=O)CC1. The number of rotatable bonds is 5. The second kappa shape index (κ2) is 6.93. The van der Waals surface area contributed by atoms with Crippen molar-refractivity contribution in [1.29, 1.82) is 0 Å². The average molecular weight is 335 g/mol. The van der Waals surface area contributed by atoms with Crippen LogP contribution in [0.25, 0.3) is 0 Å². The molecule has 8 heteroatoms. The third-order valence-corrected chi connectivity index (χ3v) is 5.30. The molecule has 1 aliphatic heterocycles. The third kappa shape index (κ3) is 4.41. The van der Waals surface area contributed by atoms with Gasteiger partial charge in [-0.05, 0) is 32.6 Å². The molecule has 22 heavy (non-hydrogen) atoms. The summed E-state index contributed by atoms with van der Waals surface area (Å²) in [5.74, 6) is -1.47. The van der Waals surface area contributed by atoms with E-state index in [0.29, 0.717) is 32.3 Å². The van der Waals surface area contributed by atoms with Gasteiger partial charge >= 0.3 is 16.2 Å². The molecular formula is C14H22FNO5S. The van der Waals surface area contributed by atoms with Crippen molar-refractivity contribution >= 4 is 22.1 Å². The van der Waals surface area contributed by atoms with Crippen molar-refractivity contribution in [2.24, 2.45) is 11.8 Å². The number of carbonyl (C=O) groups is 2. The highest BCUT2D eigenvalue weighted by molar-refractivity contribution is 7.86. The Labute approximate surface area is 130 Å². The van der Waals surface area contributed by atoms with Gasteiger partial charge in [-0.15, -0.1) is 3.89 Å². The van der Waals surface area contributed by atoms with Crippen LogP contribution in [0.15, 0.2) is 0 Å². The quantitative estimate of drug-likeness (QED) is 0.558. The second-order valence-electron chi connectivity index (χ2n) is 6.08. The Morgan fingerprint density at radius 1 is 1.32 bits per heavy atom. The van der Waals surface area contributed by atoms with E-state index in [4.69, 9.17) is 4.74 Å². The number of amides is 1. The van der Waals surface area contributed by atoms with E-state index in [0.717, 1.165) is 0 Å². The Kier molecular flexibility index (Phi) is 5.41. The lowest BCUT2D eigenvalue weighted by Gasteiger charge is -2.34. The molecule has 1 saturated heterocycles. The predicted octanol–water partition coefficient (Wildman–Crippen LogP) is 1.26. The molecule has 126 valence electrons. The van der Waals surface area contributed by atoms with E-state index in [-0.39, 0.29) is 36.8 Å². The van der Waals surface area contributed by atoms with Crippen LogP contribution >= 0.6 is 0 Å². The maximum absolute atomic E-state index is 12.7. The van der Waals surface area contributed by atoms with Crippen LogP contribution in [0.5, 0.6) is 0 Å². The first-order chi connectivity index (χ1) is 10.3. The Morgan fingerprint density at radius 3 is 2.50 bits per heavy atom. The van der Waals surface area contributed by atoms with Crippen LogP contribution in [-0.2, 0) is 24.5 Å². The molecule has 0 spiro atoms. The van der Waals surface area contributed by atoms with Gasteiger partial charge in [-0.25, -0.2) is 0 Å². The molecule has 2 rings (SSSR count). The standard InChI is InChI=1S/C14H22FNO5S/c1-2-21-14(18)11-3-5-12(6-4-11)16-8-10(7-13(16)17)9-22(15,19)20/h10-12H,2-9H2,1H3. The molecule has 0 aromatic rings. The summed E-state index contributed by atoms with van der Waals surface area (Å²) in [4.78, 5) is 25.4. The van der Waals surface area contributed by atoms with E-state index in [9.17, 15) is 21.9 Å². The summed E-state index contributed by atoms with van der Waals surface area (Å²) in [7, 11) is -4.55. The number of hydrogen-bond acceptors (Lipinski definition) is 5. The van der Waals surface area contributed by atoms with Gasteiger partial charge in [-0.1, -0.05) is 0 Å². The number of esters is 1. The lowest BCUT2D eigenvalue weighted by Crippen LogP contribution is -2.40. The van der Waals surface area contributed by atoms with E-state index < -0.39 is 21.9 Å². The first-order valence-electron chi connectivity index (χ1n) is 7.68. The van der Waals surface area contributed by atoms with Crippen LogP contribution in [0.2, 0.25) is 0 Å². The van der Waals surface area contributed by atoms with E-state index in [1.54, 1.807) is 11.8 Å². The molecule has 1 heterocycles. The summed E-state index contributed by atoms with van der Waals surface area (Å²) in [5.41, 5.74) is 0. The van der Waals surface area contributed by atoms with Gasteiger partial charge in [0.2, 0.25) is 5.91 Å². The fourth-order valence-corrected chi connectivity index (χ4v) is 4.22. The van der Waals surface area contributed by atoms with Crippen LogP contribution in [0, 0.1) is 11.8 Å². The van der Waals surface area contributed by atoms with Gasteiger partial charge in [0.1, 0.15) is 0 Å². The molecule has 1 amide bonds. The van der Waals surface area contributed by atoms with E-state index in [1.807, 2.05) is 0 Å². The van der Waals surface area contributed by atoms with Crippen molar-refractivity contribution in [3.8, 4) is 0 Å². The summed E-state index contributed by atoms with van der Waals surface area (Å²) in [6, 6.07) is 0.0190. The van der Waals surface area contributed by atoms with E-state index >= 15 is 0 Å². The Hall–Kier alpha value is -1.18. The maximum Gasteiger partial charge on any atom is 0.308 e. The first kappa shape index (κ1) is 17.2. The van der Waals surface area contributed by atoms with Crippen molar-refractivity contribution in [2.45, 2.75) is 45.1 Å². The first-order valence-corrected chi connectivity index (χ1v) is 9.24. The topological polar surface area (TPSA) is 80.8 Å². The largest absolute Gasteiger partial charge is 0.466 e. The number of nitrogens with zero attached hydrogens (tertiary/aromatic N) is 1. The normalized spacial score (nSPS) is 29.6. The van der Waals surface area contributed by atoms with Crippen LogP contribution in [-0.4, -0.2) is 50.1 Å². The summed E-state index contributed by atoms with van der Waals surface area (Å²) in [5, 5.41) is 0. The minimum atomic E-state index is -4.55. The maximum atomic E-state index is 12.7. The van der Waals surface area contributed by atoms with Gasteiger partial charge in [0.25, 0.3) is 0 Å². The fourth-order valence-electron chi connectivity index (χ4n) is 3.44. The Balaban J connectivity index is 1.86. The molecule has 0 N–H and O–H groups in total. The molecule has 6 nitrogen and oxygen atoms in total. The van der Waals surface area contributed by atoms with E-state index in [2.05, 4.69) is 0 Å². The zero-order chi connectivity index (χ0) is 16.3.